The van der Waals surface area contributed by atoms with Gasteiger partial charge in [-0.2, -0.15) is 13.2 Å². The molecular formula is C25H24F3N5O2. The van der Waals surface area contributed by atoms with Crippen molar-refractivity contribution in [3.05, 3.63) is 77.1 Å². The number of nitrogens with zero attached hydrogens (tertiary/aromatic N) is 3. The standard InChI is InChI=1S/C25H24F3N5O2/c1-15-6-7-17(23(35)32-20-5-3-4-19(11-20)25(26,27)28)10-22(15)18-8-9-33(14-18)21-12-29-24(30-13-21)31-16(2)34/h3-7,10-13,18H,8-9,14H2,1-2H3,(H,32,35)(H,29,30,31,34)/t18-/m1/s1. The van der Waals surface area contributed by atoms with Crippen LogP contribution in [-0.2, 0) is 11.0 Å². The fourth-order valence-electron chi connectivity index (χ4n) is 4.15. The molecule has 0 saturated carbocycles. The van der Waals surface area contributed by atoms with Gasteiger partial charge in [0.05, 0.1) is 23.6 Å². The first kappa shape index (κ1) is 24.2. The van der Waals surface area contributed by atoms with Crippen LogP contribution in [0.4, 0.5) is 30.5 Å². The summed E-state index contributed by atoms with van der Waals surface area (Å²) < 4.78 is 38.9. The van der Waals surface area contributed by atoms with Crippen LogP contribution in [0.1, 0.15) is 46.3 Å². The van der Waals surface area contributed by atoms with Crippen LogP contribution < -0.4 is 15.5 Å². The van der Waals surface area contributed by atoms with E-state index >= 15 is 0 Å². The molecule has 35 heavy (non-hydrogen) atoms. The largest absolute Gasteiger partial charge is 0.416 e. The average Bonchev–Trinajstić information content (AvgIpc) is 3.29. The second-order valence-corrected chi connectivity index (χ2v) is 8.48. The highest BCUT2D eigenvalue weighted by atomic mass is 19.4. The van der Waals surface area contributed by atoms with Gasteiger partial charge in [0.1, 0.15) is 0 Å². The van der Waals surface area contributed by atoms with Crippen molar-refractivity contribution in [1.29, 1.82) is 0 Å². The Morgan fingerprint density at radius 2 is 1.80 bits per heavy atom. The molecule has 7 nitrogen and oxygen atoms in total. The predicted octanol–water partition coefficient (Wildman–Crippen LogP) is 5.01. The number of benzene rings is 2. The van der Waals surface area contributed by atoms with Gasteiger partial charge < -0.3 is 10.2 Å². The van der Waals surface area contributed by atoms with Crippen molar-refractivity contribution in [3.63, 3.8) is 0 Å². The van der Waals surface area contributed by atoms with Gasteiger partial charge in [-0.3, -0.25) is 14.9 Å². The zero-order valence-corrected chi connectivity index (χ0v) is 19.2. The second kappa shape index (κ2) is 9.73. The van der Waals surface area contributed by atoms with Crippen molar-refractivity contribution in [1.82, 2.24) is 9.97 Å². The molecule has 10 heteroatoms. The topological polar surface area (TPSA) is 87.2 Å². The molecule has 1 saturated heterocycles. The molecular weight excluding hydrogens is 459 g/mol. The van der Waals surface area contributed by atoms with E-state index in [9.17, 15) is 22.8 Å². The first-order chi connectivity index (χ1) is 16.6. The minimum atomic E-state index is -4.48. The molecule has 0 radical (unpaired) electrons. The van der Waals surface area contributed by atoms with Gasteiger partial charge in [-0.25, -0.2) is 9.97 Å². The van der Waals surface area contributed by atoms with Crippen LogP contribution in [0.2, 0.25) is 0 Å². The molecule has 1 fully saturated rings. The molecule has 1 atom stereocenters. The molecule has 0 bridgehead atoms. The van der Waals surface area contributed by atoms with E-state index in [-0.39, 0.29) is 23.5 Å². The summed E-state index contributed by atoms with van der Waals surface area (Å²) in [4.78, 5) is 34.4. The first-order valence-corrected chi connectivity index (χ1v) is 11.0. The van der Waals surface area contributed by atoms with Crippen molar-refractivity contribution < 1.29 is 22.8 Å². The number of aromatic nitrogens is 2. The Labute approximate surface area is 200 Å². The number of aryl methyl sites for hydroxylation is 1. The summed E-state index contributed by atoms with van der Waals surface area (Å²) in [6, 6.07) is 9.90. The van der Waals surface area contributed by atoms with Crippen LogP contribution in [0, 0.1) is 6.92 Å². The van der Waals surface area contributed by atoms with Gasteiger partial charge in [0.15, 0.2) is 0 Å². The maximum absolute atomic E-state index is 13.0. The number of carbonyl (C=O) groups excluding carboxylic acids is 2. The number of amides is 2. The van der Waals surface area contributed by atoms with Gasteiger partial charge >= 0.3 is 6.18 Å². The molecule has 2 amide bonds. The van der Waals surface area contributed by atoms with Gasteiger partial charge in [0.2, 0.25) is 11.9 Å². The smallest absolute Gasteiger partial charge is 0.368 e. The summed E-state index contributed by atoms with van der Waals surface area (Å²) in [6.07, 6.45) is -0.312. The predicted molar refractivity (Wildman–Crippen MR) is 126 cm³/mol. The Hall–Kier alpha value is -3.95. The van der Waals surface area contributed by atoms with Gasteiger partial charge in [-0.1, -0.05) is 12.1 Å². The van der Waals surface area contributed by atoms with E-state index in [2.05, 4.69) is 25.5 Å². The van der Waals surface area contributed by atoms with Crippen molar-refractivity contribution in [3.8, 4) is 0 Å². The summed E-state index contributed by atoms with van der Waals surface area (Å²) in [5, 5.41) is 5.10. The normalized spacial score (nSPS) is 15.7. The highest BCUT2D eigenvalue weighted by Gasteiger charge is 2.30. The zero-order valence-electron chi connectivity index (χ0n) is 19.2. The third kappa shape index (κ3) is 5.76. The van der Waals surface area contributed by atoms with Gasteiger partial charge in [-0.15, -0.1) is 0 Å². The fourth-order valence-corrected chi connectivity index (χ4v) is 4.15. The molecule has 182 valence electrons. The minimum Gasteiger partial charge on any atom is -0.368 e. The lowest BCUT2D eigenvalue weighted by Gasteiger charge is -2.19. The van der Waals surface area contributed by atoms with Crippen LogP contribution in [0.15, 0.2) is 54.9 Å². The Balaban J connectivity index is 1.47. The second-order valence-electron chi connectivity index (χ2n) is 8.48. The van der Waals surface area contributed by atoms with E-state index in [0.29, 0.717) is 12.1 Å². The van der Waals surface area contributed by atoms with Crippen LogP contribution in [0.25, 0.3) is 0 Å². The first-order valence-electron chi connectivity index (χ1n) is 11.0. The van der Waals surface area contributed by atoms with E-state index in [0.717, 1.165) is 41.9 Å². The molecule has 3 aromatic rings. The summed E-state index contributed by atoms with van der Waals surface area (Å²) in [5.41, 5.74) is 2.52. The molecule has 1 aliphatic rings. The molecule has 4 rings (SSSR count). The highest BCUT2D eigenvalue weighted by molar-refractivity contribution is 6.04. The molecule has 2 aromatic carbocycles. The van der Waals surface area contributed by atoms with Crippen LogP contribution in [-0.4, -0.2) is 34.9 Å². The van der Waals surface area contributed by atoms with Crippen molar-refractivity contribution >= 4 is 29.1 Å². The van der Waals surface area contributed by atoms with E-state index in [1.165, 1.54) is 19.1 Å². The number of hydrogen-bond acceptors (Lipinski definition) is 5. The number of nitrogens with one attached hydrogen (secondary N) is 2. The Kier molecular flexibility index (Phi) is 6.72. The lowest BCUT2D eigenvalue weighted by molar-refractivity contribution is -0.137. The van der Waals surface area contributed by atoms with Gasteiger partial charge in [-0.05, 0) is 54.8 Å². The highest BCUT2D eigenvalue weighted by Crippen LogP contribution is 2.33. The number of hydrogen-bond donors (Lipinski definition) is 2. The zero-order chi connectivity index (χ0) is 25.2. The molecule has 0 unspecified atom stereocenters. The molecule has 2 N–H and O–H groups in total. The van der Waals surface area contributed by atoms with E-state index in [1.54, 1.807) is 18.5 Å². The van der Waals surface area contributed by atoms with Crippen molar-refractivity contribution in [2.45, 2.75) is 32.4 Å². The van der Waals surface area contributed by atoms with E-state index < -0.39 is 17.6 Å². The van der Waals surface area contributed by atoms with Crippen LogP contribution in [0.5, 0.6) is 0 Å². The summed E-state index contributed by atoms with van der Waals surface area (Å²) in [6.45, 7) is 4.83. The average molecular weight is 483 g/mol. The number of rotatable bonds is 5. The Morgan fingerprint density at radius 1 is 1.06 bits per heavy atom. The summed E-state index contributed by atoms with van der Waals surface area (Å²) >= 11 is 0. The molecule has 1 aromatic heterocycles. The number of carbonyl (C=O) groups is 2. The van der Waals surface area contributed by atoms with Gasteiger partial charge in [0, 0.05) is 37.2 Å². The third-order valence-corrected chi connectivity index (χ3v) is 5.91. The summed E-state index contributed by atoms with van der Waals surface area (Å²) in [5.74, 6) is -0.313. The monoisotopic (exact) mass is 483 g/mol. The Bertz CT molecular complexity index is 1240. The summed E-state index contributed by atoms with van der Waals surface area (Å²) in [7, 11) is 0. The molecule has 0 spiro atoms. The molecule has 0 aliphatic carbocycles. The maximum Gasteiger partial charge on any atom is 0.416 e. The third-order valence-electron chi connectivity index (χ3n) is 5.91. The van der Waals surface area contributed by atoms with Gasteiger partial charge in [0.25, 0.3) is 5.91 Å². The van der Waals surface area contributed by atoms with Crippen molar-refractivity contribution in [2.24, 2.45) is 0 Å². The van der Waals surface area contributed by atoms with Crippen LogP contribution >= 0.6 is 0 Å². The van der Waals surface area contributed by atoms with E-state index in [4.69, 9.17) is 0 Å². The number of alkyl halides is 3. The number of halogens is 3. The van der Waals surface area contributed by atoms with Crippen molar-refractivity contribution in [2.75, 3.05) is 28.6 Å². The quantitative estimate of drug-likeness (QED) is 0.533. The Morgan fingerprint density at radius 3 is 2.49 bits per heavy atom. The molecule has 2 heterocycles. The minimum absolute atomic E-state index is 0.0849. The maximum atomic E-state index is 13.0. The SMILES string of the molecule is CC(=O)Nc1ncc(N2CC[C@@H](c3cc(C(=O)Nc4cccc(C(F)(F)F)c4)ccc3C)C2)cn1. The van der Waals surface area contributed by atoms with Crippen LogP contribution in [0.3, 0.4) is 0 Å². The molecule has 1 aliphatic heterocycles. The lowest BCUT2D eigenvalue weighted by Crippen LogP contribution is -2.20. The van der Waals surface area contributed by atoms with E-state index in [1.807, 2.05) is 19.1 Å². The fraction of sp³-hybridized carbons (Fsp3) is 0.280. The number of anilines is 3. The lowest BCUT2D eigenvalue weighted by atomic mass is 9.92.